The van der Waals surface area contributed by atoms with Crippen molar-refractivity contribution in [3.63, 3.8) is 0 Å². The molecule has 0 aromatic rings. The second-order valence-corrected chi connectivity index (χ2v) is 5.26. The molecule has 0 radical (unpaired) electrons. The SMILES string of the molecule is C#C[C@@H]1CCN(C(=O)OC(C)(C)C)C[C@H]1OC. The zero-order valence-corrected chi connectivity index (χ0v) is 11.0. The largest absolute Gasteiger partial charge is 0.444 e. The van der Waals surface area contributed by atoms with Gasteiger partial charge in [0.25, 0.3) is 0 Å². The van der Waals surface area contributed by atoms with E-state index in [4.69, 9.17) is 15.9 Å². The second-order valence-electron chi connectivity index (χ2n) is 5.26. The molecule has 4 heteroatoms. The highest BCUT2D eigenvalue weighted by Gasteiger charge is 2.32. The summed E-state index contributed by atoms with van der Waals surface area (Å²) in [4.78, 5) is 13.5. The average molecular weight is 239 g/mol. The molecule has 17 heavy (non-hydrogen) atoms. The lowest BCUT2D eigenvalue weighted by Gasteiger charge is -2.36. The molecule has 0 bridgehead atoms. The monoisotopic (exact) mass is 239 g/mol. The maximum absolute atomic E-state index is 11.9. The number of carbonyl (C=O) groups excluding carboxylic acids is 1. The molecule has 4 nitrogen and oxygen atoms in total. The lowest BCUT2D eigenvalue weighted by molar-refractivity contribution is -0.0177. The summed E-state index contributed by atoms with van der Waals surface area (Å²) in [6.45, 7) is 6.69. The molecule has 0 N–H and O–H groups in total. The number of hydrogen-bond acceptors (Lipinski definition) is 3. The molecule has 1 aliphatic rings. The molecule has 0 aliphatic carbocycles. The number of nitrogens with zero attached hydrogens (tertiary/aromatic N) is 1. The first-order valence-electron chi connectivity index (χ1n) is 5.84. The fourth-order valence-corrected chi connectivity index (χ4v) is 1.84. The quantitative estimate of drug-likeness (QED) is 0.656. The highest BCUT2D eigenvalue weighted by atomic mass is 16.6. The predicted molar refractivity (Wildman–Crippen MR) is 65.5 cm³/mol. The van der Waals surface area contributed by atoms with Gasteiger partial charge in [0.05, 0.1) is 12.6 Å². The van der Waals surface area contributed by atoms with E-state index in [0.29, 0.717) is 13.1 Å². The fourth-order valence-electron chi connectivity index (χ4n) is 1.84. The summed E-state index contributed by atoms with van der Waals surface area (Å²) in [5.74, 6) is 2.79. The van der Waals surface area contributed by atoms with Gasteiger partial charge in [0.1, 0.15) is 5.60 Å². The summed E-state index contributed by atoms with van der Waals surface area (Å²) in [6, 6.07) is 0. The summed E-state index contributed by atoms with van der Waals surface area (Å²) < 4.78 is 10.6. The summed E-state index contributed by atoms with van der Waals surface area (Å²) in [5.41, 5.74) is -0.470. The van der Waals surface area contributed by atoms with Crippen molar-refractivity contribution in [1.82, 2.24) is 4.90 Å². The third kappa shape index (κ3) is 3.94. The molecular formula is C13H21NO3. The highest BCUT2D eigenvalue weighted by Crippen LogP contribution is 2.21. The number of amides is 1. The van der Waals surface area contributed by atoms with Crippen molar-refractivity contribution in [3.05, 3.63) is 0 Å². The van der Waals surface area contributed by atoms with Crippen molar-refractivity contribution in [1.29, 1.82) is 0 Å². The Balaban J connectivity index is 2.58. The van der Waals surface area contributed by atoms with Crippen molar-refractivity contribution < 1.29 is 14.3 Å². The first-order valence-corrected chi connectivity index (χ1v) is 5.84. The molecule has 1 fully saturated rings. The Bertz CT molecular complexity index is 314. The molecule has 1 rings (SSSR count). The van der Waals surface area contributed by atoms with Gasteiger partial charge in [-0.2, -0.15) is 0 Å². The number of methoxy groups -OCH3 is 1. The first kappa shape index (κ1) is 13.9. The number of rotatable bonds is 1. The highest BCUT2D eigenvalue weighted by molar-refractivity contribution is 5.68. The summed E-state index contributed by atoms with van der Waals surface area (Å²) >= 11 is 0. The van der Waals surface area contributed by atoms with Crippen LogP contribution in [0, 0.1) is 18.3 Å². The zero-order chi connectivity index (χ0) is 13.1. The van der Waals surface area contributed by atoms with Crippen LogP contribution in [0.2, 0.25) is 0 Å². The van der Waals surface area contributed by atoms with E-state index in [1.807, 2.05) is 20.8 Å². The van der Waals surface area contributed by atoms with E-state index in [1.54, 1.807) is 12.0 Å². The lowest BCUT2D eigenvalue weighted by Crippen LogP contribution is -2.48. The molecule has 96 valence electrons. The number of terminal acetylenes is 1. The van der Waals surface area contributed by atoms with Crippen molar-refractivity contribution in [2.45, 2.75) is 38.9 Å². The van der Waals surface area contributed by atoms with Gasteiger partial charge in [0.2, 0.25) is 0 Å². The third-order valence-corrected chi connectivity index (χ3v) is 2.73. The van der Waals surface area contributed by atoms with Gasteiger partial charge in [-0.3, -0.25) is 0 Å². The maximum Gasteiger partial charge on any atom is 0.410 e. The minimum Gasteiger partial charge on any atom is -0.444 e. The second kappa shape index (κ2) is 5.42. The normalized spacial score (nSPS) is 25.2. The number of ether oxygens (including phenoxy) is 2. The van der Waals surface area contributed by atoms with Gasteiger partial charge >= 0.3 is 6.09 Å². The Labute approximate surface area is 103 Å². The molecule has 1 heterocycles. The lowest BCUT2D eigenvalue weighted by atomic mass is 9.95. The van der Waals surface area contributed by atoms with E-state index < -0.39 is 5.60 Å². The van der Waals surface area contributed by atoms with Crippen molar-refractivity contribution in [3.8, 4) is 12.3 Å². The Morgan fingerprint density at radius 2 is 2.12 bits per heavy atom. The van der Waals surface area contributed by atoms with E-state index in [1.165, 1.54) is 0 Å². The number of piperidine rings is 1. The molecule has 0 unspecified atom stereocenters. The van der Waals surface area contributed by atoms with Crippen LogP contribution in [-0.4, -0.2) is 42.9 Å². The molecular weight excluding hydrogens is 218 g/mol. The summed E-state index contributed by atoms with van der Waals surface area (Å²) in [6.07, 6.45) is 5.79. The standard InChI is InChI=1S/C13H21NO3/c1-6-10-7-8-14(9-11(10)16-5)12(15)17-13(2,3)4/h1,10-11H,7-9H2,2-5H3/t10-,11-/m1/s1. The maximum atomic E-state index is 11.9. The van der Waals surface area contributed by atoms with E-state index in [0.717, 1.165) is 6.42 Å². The van der Waals surface area contributed by atoms with Crippen LogP contribution >= 0.6 is 0 Å². The van der Waals surface area contributed by atoms with E-state index >= 15 is 0 Å². The fraction of sp³-hybridized carbons (Fsp3) is 0.769. The van der Waals surface area contributed by atoms with Gasteiger partial charge < -0.3 is 14.4 Å². The van der Waals surface area contributed by atoms with E-state index in [9.17, 15) is 4.79 Å². The van der Waals surface area contributed by atoms with Crippen molar-refractivity contribution >= 4 is 6.09 Å². The molecule has 0 aromatic heterocycles. The third-order valence-electron chi connectivity index (χ3n) is 2.73. The van der Waals surface area contributed by atoms with Crippen molar-refractivity contribution in [2.24, 2.45) is 5.92 Å². The predicted octanol–water partition coefficient (Wildman–Crippen LogP) is 1.89. The Morgan fingerprint density at radius 3 is 2.59 bits per heavy atom. The Morgan fingerprint density at radius 1 is 1.47 bits per heavy atom. The van der Waals surface area contributed by atoms with Gasteiger partial charge in [0.15, 0.2) is 0 Å². The van der Waals surface area contributed by atoms with Gasteiger partial charge in [0, 0.05) is 19.6 Å². The Hall–Kier alpha value is -1.21. The first-order chi connectivity index (χ1) is 7.87. The van der Waals surface area contributed by atoms with Gasteiger partial charge in [-0.1, -0.05) is 0 Å². The number of hydrogen-bond donors (Lipinski definition) is 0. The van der Waals surface area contributed by atoms with Crippen LogP contribution in [0.3, 0.4) is 0 Å². The zero-order valence-electron chi connectivity index (χ0n) is 11.0. The van der Waals surface area contributed by atoms with E-state index in [-0.39, 0.29) is 18.1 Å². The smallest absolute Gasteiger partial charge is 0.410 e. The minimum atomic E-state index is -0.470. The summed E-state index contributed by atoms with van der Waals surface area (Å²) in [5, 5.41) is 0. The van der Waals surface area contributed by atoms with Crippen LogP contribution in [0.4, 0.5) is 4.79 Å². The average Bonchev–Trinajstić information content (AvgIpc) is 2.25. The molecule has 1 saturated heterocycles. The molecule has 1 amide bonds. The molecule has 0 aromatic carbocycles. The number of carbonyl (C=O) groups is 1. The van der Waals surface area contributed by atoms with Crippen LogP contribution in [0.15, 0.2) is 0 Å². The van der Waals surface area contributed by atoms with Crippen LogP contribution < -0.4 is 0 Å². The topological polar surface area (TPSA) is 38.8 Å². The van der Waals surface area contributed by atoms with E-state index in [2.05, 4.69) is 5.92 Å². The molecule has 2 atom stereocenters. The van der Waals surface area contributed by atoms with Gasteiger partial charge in [-0.25, -0.2) is 4.79 Å². The van der Waals surface area contributed by atoms with Gasteiger partial charge in [-0.15, -0.1) is 12.3 Å². The number of likely N-dealkylation sites (tertiary alicyclic amines) is 1. The summed E-state index contributed by atoms with van der Waals surface area (Å²) in [7, 11) is 1.62. The van der Waals surface area contributed by atoms with Crippen LogP contribution in [0.1, 0.15) is 27.2 Å². The van der Waals surface area contributed by atoms with Crippen LogP contribution in [0.5, 0.6) is 0 Å². The molecule has 0 spiro atoms. The molecule has 1 aliphatic heterocycles. The Kier molecular flexibility index (Phi) is 4.41. The van der Waals surface area contributed by atoms with Crippen LogP contribution in [0.25, 0.3) is 0 Å². The van der Waals surface area contributed by atoms with Crippen LogP contribution in [-0.2, 0) is 9.47 Å². The van der Waals surface area contributed by atoms with Crippen molar-refractivity contribution in [2.75, 3.05) is 20.2 Å². The molecule has 0 saturated carbocycles. The van der Waals surface area contributed by atoms with Gasteiger partial charge in [-0.05, 0) is 27.2 Å². The minimum absolute atomic E-state index is 0.0821.